The lowest BCUT2D eigenvalue weighted by molar-refractivity contribution is -0.119. The van der Waals surface area contributed by atoms with E-state index >= 15 is 0 Å². The Hall–Kier alpha value is -1.53. The van der Waals surface area contributed by atoms with Crippen LogP contribution >= 0.6 is 11.8 Å². The first-order valence-electron chi connectivity index (χ1n) is 6.04. The van der Waals surface area contributed by atoms with E-state index in [9.17, 15) is 4.79 Å². The number of carbonyl (C=O) groups excluding carboxylic acids is 1. The highest BCUT2D eigenvalue weighted by molar-refractivity contribution is 7.99. The van der Waals surface area contributed by atoms with Crippen LogP contribution < -0.4 is 5.32 Å². The van der Waals surface area contributed by atoms with Crippen LogP contribution in [0.2, 0.25) is 0 Å². The molecule has 0 fully saturated rings. The maximum absolute atomic E-state index is 11.7. The molecule has 0 aliphatic carbocycles. The van der Waals surface area contributed by atoms with Crippen molar-refractivity contribution < 1.29 is 9.53 Å². The summed E-state index contributed by atoms with van der Waals surface area (Å²) in [7, 11) is 1.62. The maximum atomic E-state index is 11.7. The molecular weight excluding hydrogens is 262 g/mol. The van der Waals surface area contributed by atoms with Crippen molar-refractivity contribution >= 4 is 23.2 Å². The van der Waals surface area contributed by atoms with E-state index in [1.165, 1.54) is 11.8 Å². The van der Waals surface area contributed by atoms with E-state index in [-0.39, 0.29) is 11.9 Å². The van der Waals surface area contributed by atoms with Crippen LogP contribution in [0.4, 0.5) is 0 Å². The van der Waals surface area contributed by atoms with Crippen molar-refractivity contribution in [2.75, 3.05) is 19.5 Å². The number of imidazole rings is 1. The molecule has 5 nitrogen and oxygen atoms in total. The van der Waals surface area contributed by atoms with E-state index in [0.717, 1.165) is 10.7 Å². The summed E-state index contributed by atoms with van der Waals surface area (Å²) >= 11 is 1.42. The smallest absolute Gasteiger partial charge is 0.230 e. The number of hydrogen-bond donors (Lipinski definition) is 1. The van der Waals surface area contributed by atoms with Gasteiger partial charge in [0.1, 0.15) is 0 Å². The number of carbonyl (C=O) groups is 1. The monoisotopic (exact) mass is 279 g/mol. The van der Waals surface area contributed by atoms with Crippen LogP contribution in [-0.4, -0.2) is 40.8 Å². The van der Waals surface area contributed by atoms with Gasteiger partial charge in [-0.25, -0.2) is 4.98 Å². The minimum Gasteiger partial charge on any atom is -0.383 e. The molecule has 0 spiro atoms. The number of nitrogens with zero attached hydrogens (tertiary/aromatic N) is 2. The van der Waals surface area contributed by atoms with Crippen molar-refractivity contribution in [1.82, 2.24) is 14.7 Å². The predicted octanol–water partition coefficient (Wildman–Crippen LogP) is 1.58. The summed E-state index contributed by atoms with van der Waals surface area (Å²) in [6.07, 6.45) is 3.74. The van der Waals surface area contributed by atoms with Crippen molar-refractivity contribution in [2.45, 2.75) is 18.1 Å². The lowest BCUT2D eigenvalue weighted by atomic mass is 10.3. The molecule has 1 unspecified atom stereocenters. The average Bonchev–Trinajstić information content (AvgIpc) is 2.80. The van der Waals surface area contributed by atoms with Crippen LogP contribution in [0.3, 0.4) is 0 Å². The van der Waals surface area contributed by atoms with Crippen LogP contribution in [0, 0.1) is 0 Å². The fraction of sp³-hybridized carbons (Fsp3) is 0.385. The van der Waals surface area contributed by atoms with Gasteiger partial charge in [0.25, 0.3) is 0 Å². The predicted molar refractivity (Wildman–Crippen MR) is 75.4 cm³/mol. The summed E-state index contributed by atoms with van der Waals surface area (Å²) in [6.45, 7) is 2.43. The Kier molecular flexibility index (Phi) is 4.81. The van der Waals surface area contributed by atoms with Gasteiger partial charge < -0.3 is 10.1 Å². The summed E-state index contributed by atoms with van der Waals surface area (Å²) < 4.78 is 6.94. The summed E-state index contributed by atoms with van der Waals surface area (Å²) in [6, 6.07) is 5.91. The Balaban J connectivity index is 1.90. The van der Waals surface area contributed by atoms with Gasteiger partial charge in [-0.2, -0.15) is 0 Å². The first kappa shape index (κ1) is 13.9. The molecule has 1 N–H and O–H groups in total. The number of ether oxygens (including phenoxy) is 1. The fourth-order valence-electron chi connectivity index (χ4n) is 1.76. The molecule has 2 aromatic rings. The van der Waals surface area contributed by atoms with E-state index in [1.54, 1.807) is 13.3 Å². The number of rotatable bonds is 6. The molecule has 0 bridgehead atoms. The number of hydrogen-bond acceptors (Lipinski definition) is 4. The SMILES string of the molecule is COCC(C)NC(=O)CSc1ncc2ccccn12. The zero-order valence-corrected chi connectivity index (χ0v) is 11.8. The van der Waals surface area contributed by atoms with Gasteiger partial charge in [-0.05, 0) is 19.1 Å². The number of thioether (sulfide) groups is 1. The number of fused-ring (bicyclic) bond motifs is 1. The number of aromatic nitrogens is 2. The normalized spacial score (nSPS) is 12.5. The molecule has 0 saturated heterocycles. The van der Waals surface area contributed by atoms with Crippen LogP contribution in [0.25, 0.3) is 5.52 Å². The summed E-state index contributed by atoms with van der Waals surface area (Å²) in [5.74, 6) is 0.337. The zero-order chi connectivity index (χ0) is 13.7. The molecule has 2 rings (SSSR count). The molecule has 0 radical (unpaired) electrons. The van der Waals surface area contributed by atoms with E-state index in [2.05, 4.69) is 10.3 Å². The lowest BCUT2D eigenvalue weighted by Gasteiger charge is -2.12. The fourth-order valence-corrected chi connectivity index (χ4v) is 2.54. The second-order valence-corrected chi connectivity index (χ2v) is 5.19. The number of nitrogens with one attached hydrogen (secondary N) is 1. The standard InChI is InChI=1S/C13H17N3O2S/c1-10(8-18-2)15-12(17)9-19-13-14-7-11-5-3-4-6-16(11)13/h3-7,10H,8-9H2,1-2H3,(H,15,17). The number of pyridine rings is 1. The molecule has 0 aromatic carbocycles. The van der Waals surface area contributed by atoms with Crippen molar-refractivity contribution in [3.05, 3.63) is 30.6 Å². The Labute approximate surface area is 116 Å². The van der Waals surface area contributed by atoms with Gasteiger partial charge in [-0.15, -0.1) is 0 Å². The van der Waals surface area contributed by atoms with Gasteiger partial charge in [0.15, 0.2) is 5.16 Å². The molecule has 0 aliphatic rings. The van der Waals surface area contributed by atoms with Crippen molar-refractivity contribution in [3.8, 4) is 0 Å². The van der Waals surface area contributed by atoms with Crippen molar-refractivity contribution in [3.63, 3.8) is 0 Å². The van der Waals surface area contributed by atoms with Crippen LogP contribution in [0.1, 0.15) is 6.92 Å². The average molecular weight is 279 g/mol. The summed E-state index contributed by atoms with van der Waals surface area (Å²) in [5, 5.41) is 3.69. The quantitative estimate of drug-likeness (QED) is 0.816. The van der Waals surface area contributed by atoms with Gasteiger partial charge in [-0.3, -0.25) is 9.20 Å². The molecule has 1 amide bonds. The Morgan fingerprint density at radius 2 is 2.42 bits per heavy atom. The molecule has 0 saturated carbocycles. The Bertz CT molecular complexity index is 556. The summed E-state index contributed by atoms with van der Waals surface area (Å²) in [4.78, 5) is 16.0. The molecule has 6 heteroatoms. The van der Waals surface area contributed by atoms with Gasteiger partial charge in [-0.1, -0.05) is 17.8 Å². The van der Waals surface area contributed by atoms with Crippen LogP contribution in [0.5, 0.6) is 0 Å². The van der Waals surface area contributed by atoms with Crippen LogP contribution in [-0.2, 0) is 9.53 Å². The molecule has 1 atom stereocenters. The van der Waals surface area contributed by atoms with Crippen molar-refractivity contribution in [1.29, 1.82) is 0 Å². The number of amides is 1. The minimum atomic E-state index is -0.0118. The van der Waals surface area contributed by atoms with E-state index in [4.69, 9.17) is 4.74 Å². The third kappa shape index (κ3) is 3.71. The van der Waals surface area contributed by atoms with Gasteiger partial charge in [0.2, 0.25) is 5.91 Å². The second kappa shape index (κ2) is 6.58. The highest BCUT2D eigenvalue weighted by Crippen LogP contribution is 2.17. The minimum absolute atomic E-state index is 0.0118. The molecule has 102 valence electrons. The molecular formula is C13H17N3O2S. The van der Waals surface area contributed by atoms with E-state index < -0.39 is 0 Å². The lowest BCUT2D eigenvalue weighted by Crippen LogP contribution is -2.36. The Morgan fingerprint density at radius 3 is 3.21 bits per heavy atom. The number of methoxy groups -OCH3 is 1. The second-order valence-electron chi connectivity index (χ2n) is 4.25. The van der Waals surface area contributed by atoms with Crippen molar-refractivity contribution in [2.24, 2.45) is 0 Å². The van der Waals surface area contributed by atoms with Crippen LogP contribution in [0.15, 0.2) is 35.7 Å². The molecule has 19 heavy (non-hydrogen) atoms. The van der Waals surface area contributed by atoms with Gasteiger partial charge in [0, 0.05) is 19.3 Å². The highest BCUT2D eigenvalue weighted by Gasteiger charge is 2.10. The molecule has 2 aromatic heterocycles. The maximum Gasteiger partial charge on any atom is 0.230 e. The molecule has 2 heterocycles. The highest BCUT2D eigenvalue weighted by atomic mass is 32.2. The third-order valence-corrected chi connectivity index (χ3v) is 3.53. The van der Waals surface area contributed by atoms with E-state index in [1.807, 2.05) is 35.7 Å². The first-order valence-corrected chi connectivity index (χ1v) is 7.02. The molecule has 0 aliphatic heterocycles. The third-order valence-electron chi connectivity index (χ3n) is 2.56. The van der Waals surface area contributed by atoms with Gasteiger partial charge in [0.05, 0.1) is 24.1 Å². The first-order chi connectivity index (χ1) is 9.20. The topological polar surface area (TPSA) is 55.6 Å². The largest absolute Gasteiger partial charge is 0.383 e. The van der Waals surface area contributed by atoms with Gasteiger partial charge >= 0.3 is 0 Å². The Morgan fingerprint density at radius 1 is 1.58 bits per heavy atom. The zero-order valence-electron chi connectivity index (χ0n) is 11.0. The van der Waals surface area contributed by atoms with E-state index in [0.29, 0.717) is 12.4 Å². The summed E-state index contributed by atoms with van der Waals surface area (Å²) in [5.41, 5.74) is 1.03.